The van der Waals surface area contributed by atoms with Crippen LogP contribution in [0.4, 0.5) is 5.95 Å². The summed E-state index contributed by atoms with van der Waals surface area (Å²) in [5.74, 6) is 1.19. The molecule has 1 aromatic carbocycles. The van der Waals surface area contributed by atoms with Crippen LogP contribution >= 0.6 is 0 Å². The highest BCUT2D eigenvalue weighted by Crippen LogP contribution is 2.17. The van der Waals surface area contributed by atoms with Crippen LogP contribution < -0.4 is 9.64 Å². The van der Waals surface area contributed by atoms with Crippen LogP contribution in [0.5, 0.6) is 5.88 Å². The molecule has 7 nitrogen and oxygen atoms in total. The second-order valence-corrected chi connectivity index (χ2v) is 7.41. The molecule has 1 aliphatic heterocycles. The van der Waals surface area contributed by atoms with Gasteiger partial charge in [-0.2, -0.15) is 4.98 Å². The van der Waals surface area contributed by atoms with Crippen LogP contribution in [0.3, 0.4) is 0 Å². The van der Waals surface area contributed by atoms with E-state index in [2.05, 4.69) is 56.0 Å². The van der Waals surface area contributed by atoms with Gasteiger partial charge in [-0.25, -0.2) is 4.98 Å². The van der Waals surface area contributed by atoms with Crippen molar-refractivity contribution >= 4 is 12.2 Å². The van der Waals surface area contributed by atoms with Crippen LogP contribution in [0.15, 0.2) is 59.7 Å². The molecular formula is C24H27N5O2. The fourth-order valence-electron chi connectivity index (χ4n) is 3.34. The normalized spacial score (nSPS) is 14.2. The van der Waals surface area contributed by atoms with E-state index in [9.17, 15) is 0 Å². The van der Waals surface area contributed by atoms with Gasteiger partial charge in [0.2, 0.25) is 11.8 Å². The maximum Gasteiger partial charge on any atom is 0.229 e. The van der Waals surface area contributed by atoms with Crippen LogP contribution in [-0.2, 0) is 17.7 Å². The van der Waals surface area contributed by atoms with E-state index in [4.69, 9.17) is 9.47 Å². The number of aryl methyl sites for hydroxylation is 1. The summed E-state index contributed by atoms with van der Waals surface area (Å²) in [5.41, 5.74) is 4.13. The number of hydrogen-bond donors (Lipinski definition) is 0. The minimum Gasteiger partial charge on any atom is -0.477 e. The molecule has 0 atom stereocenters. The molecule has 31 heavy (non-hydrogen) atoms. The van der Waals surface area contributed by atoms with Crippen molar-refractivity contribution in [2.24, 2.45) is 4.99 Å². The second kappa shape index (κ2) is 10.6. The Hall–Kier alpha value is -3.32. The van der Waals surface area contributed by atoms with E-state index in [1.54, 1.807) is 12.4 Å². The van der Waals surface area contributed by atoms with Gasteiger partial charge in [0.1, 0.15) is 0 Å². The third-order valence-corrected chi connectivity index (χ3v) is 4.92. The topological polar surface area (TPSA) is 72.7 Å². The highest BCUT2D eigenvalue weighted by molar-refractivity contribution is 5.78. The summed E-state index contributed by atoms with van der Waals surface area (Å²) in [4.78, 5) is 20.4. The van der Waals surface area contributed by atoms with Gasteiger partial charge in [0, 0.05) is 43.7 Å². The molecule has 1 fully saturated rings. The Morgan fingerprint density at radius 3 is 2.81 bits per heavy atom. The van der Waals surface area contributed by atoms with E-state index < -0.39 is 0 Å². The van der Waals surface area contributed by atoms with E-state index in [1.807, 2.05) is 24.3 Å². The first-order valence-electron chi connectivity index (χ1n) is 10.6. The Balaban J connectivity index is 1.47. The van der Waals surface area contributed by atoms with Crippen LogP contribution in [0, 0.1) is 6.92 Å². The van der Waals surface area contributed by atoms with Crippen molar-refractivity contribution in [2.45, 2.75) is 19.9 Å². The second-order valence-electron chi connectivity index (χ2n) is 7.41. The lowest BCUT2D eigenvalue weighted by atomic mass is 10.1. The van der Waals surface area contributed by atoms with Crippen LogP contribution in [0.1, 0.15) is 22.5 Å². The Labute approximate surface area is 182 Å². The lowest BCUT2D eigenvalue weighted by Crippen LogP contribution is -2.37. The predicted octanol–water partition coefficient (Wildman–Crippen LogP) is 3.26. The highest BCUT2D eigenvalue weighted by atomic mass is 16.5. The van der Waals surface area contributed by atoms with Crippen molar-refractivity contribution in [1.29, 1.82) is 0 Å². The number of morpholine rings is 1. The Morgan fingerprint density at radius 2 is 2.00 bits per heavy atom. The van der Waals surface area contributed by atoms with Gasteiger partial charge in [-0.15, -0.1) is 0 Å². The Kier molecular flexibility index (Phi) is 7.18. The van der Waals surface area contributed by atoms with E-state index in [0.29, 0.717) is 44.6 Å². The predicted molar refractivity (Wildman–Crippen MR) is 121 cm³/mol. The molecule has 0 saturated carbocycles. The molecule has 0 amide bonds. The smallest absolute Gasteiger partial charge is 0.229 e. The summed E-state index contributed by atoms with van der Waals surface area (Å²) in [6.07, 6.45) is 4.30. The van der Waals surface area contributed by atoms with E-state index in [0.717, 1.165) is 24.5 Å². The number of benzene rings is 1. The average Bonchev–Trinajstić information content (AvgIpc) is 2.80. The van der Waals surface area contributed by atoms with Crippen molar-refractivity contribution < 1.29 is 9.47 Å². The van der Waals surface area contributed by atoms with Crippen molar-refractivity contribution in [2.75, 3.05) is 37.8 Å². The molecule has 0 radical (unpaired) electrons. The quantitative estimate of drug-likeness (QED) is 0.524. The van der Waals surface area contributed by atoms with Gasteiger partial charge in [0.05, 0.1) is 32.1 Å². The lowest BCUT2D eigenvalue weighted by molar-refractivity contribution is 0.122. The van der Waals surface area contributed by atoms with Crippen molar-refractivity contribution in [1.82, 2.24) is 15.0 Å². The minimum absolute atomic E-state index is 0.496. The lowest BCUT2D eigenvalue weighted by Gasteiger charge is -2.27. The molecule has 0 aliphatic carbocycles. The van der Waals surface area contributed by atoms with Crippen LogP contribution in [-0.4, -0.2) is 54.1 Å². The zero-order valence-electron chi connectivity index (χ0n) is 17.8. The number of rotatable bonds is 8. The standard InChI is InChI=1S/C24H27N5O2/c1-19-5-4-6-20(15-19)17-25-18-22-16-23(31-12-8-21-7-2-3-9-26-21)28-24(27-22)29-10-13-30-14-11-29/h2-7,9,15-16,18H,8,10-14,17H2,1H3. The van der Waals surface area contributed by atoms with Crippen molar-refractivity contribution in [3.8, 4) is 5.88 Å². The fourth-order valence-corrected chi connectivity index (χ4v) is 3.34. The first-order chi connectivity index (χ1) is 15.3. The number of nitrogens with zero attached hydrogens (tertiary/aromatic N) is 5. The summed E-state index contributed by atoms with van der Waals surface area (Å²) in [6, 6.07) is 16.1. The molecule has 7 heteroatoms. The third-order valence-electron chi connectivity index (χ3n) is 4.92. The SMILES string of the molecule is Cc1cccc(CN=Cc2cc(OCCc3ccccn3)nc(N3CCOCC3)n2)c1. The molecule has 1 aliphatic rings. The van der Waals surface area contributed by atoms with Gasteiger partial charge in [0.15, 0.2) is 0 Å². The summed E-state index contributed by atoms with van der Waals surface area (Å²) in [7, 11) is 0. The van der Waals surface area contributed by atoms with E-state index in [1.165, 1.54) is 11.1 Å². The van der Waals surface area contributed by atoms with Gasteiger partial charge in [-0.05, 0) is 24.6 Å². The molecule has 0 bridgehead atoms. The van der Waals surface area contributed by atoms with Gasteiger partial charge >= 0.3 is 0 Å². The van der Waals surface area contributed by atoms with Gasteiger partial charge < -0.3 is 14.4 Å². The number of aliphatic imine (C=N–C) groups is 1. The van der Waals surface area contributed by atoms with Gasteiger partial charge in [-0.3, -0.25) is 9.98 Å². The maximum atomic E-state index is 5.95. The van der Waals surface area contributed by atoms with E-state index >= 15 is 0 Å². The highest BCUT2D eigenvalue weighted by Gasteiger charge is 2.16. The van der Waals surface area contributed by atoms with Gasteiger partial charge in [0.25, 0.3) is 0 Å². The Morgan fingerprint density at radius 1 is 1.10 bits per heavy atom. The number of pyridine rings is 1. The summed E-state index contributed by atoms with van der Waals surface area (Å²) in [5, 5.41) is 0. The molecule has 0 spiro atoms. The van der Waals surface area contributed by atoms with Gasteiger partial charge in [-0.1, -0.05) is 35.9 Å². The monoisotopic (exact) mass is 417 g/mol. The summed E-state index contributed by atoms with van der Waals surface area (Å²) >= 11 is 0. The molecule has 4 rings (SSSR count). The first kappa shape index (κ1) is 20.9. The number of ether oxygens (including phenoxy) is 2. The molecular weight excluding hydrogens is 390 g/mol. The molecule has 3 heterocycles. The molecule has 2 aromatic heterocycles. The molecule has 1 saturated heterocycles. The number of aromatic nitrogens is 3. The number of hydrogen-bond acceptors (Lipinski definition) is 7. The van der Waals surface area contributed by atoms with Crippen LogP contribution in [0.2, 0.25) is 0 Å². The zero-order valence-corrected chi connectivity index (χ0v) is 17.8. The Bertz CT molecular complexity index is 1000. The molecule has 3 aromatic rings. The fraction of sp³-hybridized carbons (Fsp3) is 0.333. The van der Waals surface area contributed by atoms with Crippen molar-refractivity contribution in [3.63, 3.8) is 0 Å². The molecule has 160 valence electrons. The average molecular weight is 418 g/mol. The van der Waals surface area contributed by atoms with E-state index in [-0.39, 0.29) is 0 Å². The minimum atomic E-state index is 0.496. The molecule has 0 unspecified atom stereocenters. The first-order valence-corrected chi connectivity index (χ1v) is 10.6. The van der Waals surface area contributed by atoms with Crippen LogP contribution in [0.25, 0.3) is 0 Å². The summed E-state index contributed by atoms with van der Waals surface area (Å²) < 4.78 is 11.4. The number of anilines is 1. The zero-order chi connectivity index (χ0) is 21.3. The van der Waals surface area contributed by atoms with Crippen molar-refractivity contribution in [3.05, 3.63) is 77.2 Å². The molecule has 0 N–H and O–H groups in total. The third kappa shape index (κ3) is 6.33. The maximum absolute atomic E-state index is 5.95. The summed E-state index contributed by atoms with van der Waals surface area (Å²) in [6.45, 7) is 6.05. The largest absolute Gasteiger partial charge is 0.477 e.